The van der Waals surface area contributed by atoms with Crippen LogP contribution in [0.1, 0.15) is 38.2 Å². The van der Waals surface area contributed by atoms with E-state index in [0.29, 0.717) is 18.2 Å². The van der Waals surface area contributed by atoms with Gasteiger partial charge < -0.3 is 14.8 Å². The highest BCUT2D eigenvalue weighted by Gasteiger charge is 2.41. The van der Waals surface area contributed by atoms with E-state index in [1.807, 2.05) is 19.9 Å². The van der Waals surface area contributed by atoms with Crippen molar-refractivity contribution in [3.05, 3.63) is 17.8 Å². The molecule has 1 aromatic rings. The van der Waals surface area contributed by atoms with E-state index in [9.17, 15) is 4.79 Å². The number of methoxy groups -OCH3 is 1. The van der Waals surface area contributed by atoms with Crippen molar-refractivity contribution in [2.75, 3.05) is 19.0 Å². The highest BCUT2D eigenvalue weighted by atomic mass is 16.5. The third-order valence-corrected chi connectivity index (χ3v) is 3.78. The lowest BCUT2D eigenvalue weighted by molar-refractivity contribution is -0.137. The number of rotatable bonds is 5. The number of hydrogen-bond acceptors (Lipinski definition) is 4. The number of nitrogens with zero attached hydrogens (tertiary/aromatic N) is 1. The van der Waals surface area contributed by atoms with Crippen LogP contribution in [0.5, 0.6) is 5.88 Å². The maximum atomic E-state index is 12.4. The van der Waals surface area contributed by atoms with Gasteiger partial charge in [-0.1, -0.05) is 0 Å². The minimum absolute atomic E-state index is 0.0807. The second-order valence-corrected chi connectivity index (χ2v) is 5.14. The Balaban J connectivity index is 2.09. The maximum Gasteiger partial charge on any atom is 0.256 e. The largest absolute Gasteiger partial charge is 0.478 e. The van der Waals surface area contributed by atoms with Crippen molar-refractivity contribution < 1.29 is 14.3 Å². The monoisotopic (exact) mass is 278 g/mol. The first-order valence-corrected chi connectivity index (χ1v) is 7.07. The molecule has 1 aromatic heterocycles. The van der Waals surface area contributed by atoms with Gasteiger partial charge in [-0.05, 0) is 45.6 Å². The second-order valence-electron chi connectivity index (χ2n) is 5.14. The molecular weight excluding hydrogens is 256 g/mol. The number of aryl methyl sites for hydroxylation is 1. The molecule has 1 fully saturated rings. The maximum absolute atomic E-state index is 12.4. The Bertz CT molecular complexity index is 482. The van der Waals surface area contributed by atoms with Crippen LogP contribution in [0.15, 0.2) is 12.3 Å². The van der Waals surface area contributed by atoms with Gasteiger partial charge in [-0.25, -0.2) is 4.98 Å². The van der Waals surface area contributed by atoms with Crippen molar-refractivity contribution in [3.8, 4) is 5.88 Å². The molecule has 1 aliphatic carbocycles. The first-order valence-electron chi connectivity index (χ1n) is 7.07. The molecule has 110 valence electrons. The van der Waals surface area contributed by atoms with Gasteiger partial charge in [0.1, 0.15) is 5.60 Å². The van der Waals surface area contributed by atoms with Gasteiger partial charge >= 0.3 is 0 Å². The van der Waals surface area contributed by atoms with Crippen LogP contribution in [-0.2, 0) is 9.53 Å². The summed E-state index contributed by atoms with van der Waals surface area (Å²) < 4.78 is 10.9. The van der Waals surface area contributed by atoms with E-state index < -0.39 is 5.60 Å². The molecule has 0 unspecified atom stereocenters. The molecular formula is C15H22N2O3. The minimum atomic E-state index is -0.674. The summed E-state index contributed by atoms with van der Waals surface area (Å²) in [6, 6.07) is 1.87. The van der Waals surface area contributed by atoms with E-state index >= 15 is 0 Å². The molecule has 0 saturated heterocycles. The Hall–Kier alpha value is -1.62. The van der Waals surface area contributed by atoms with Crippen molar-refractivity contribution in [2.45, 2.75) is 45.1 Å². The fraction of sp³-hybridized carbons (Fsp3) is 0.600. The minimum Gasteiger partial charge on any atom is -0.478 e. The van der Waals surface area contributed by atoms with Crippen LogP contribution in [0.25, 0.3) is 0 Å². The fourth-order valence-corrected chi connectivity index (χ4v) is 2.63. The molecule has 1 amide bonds. The Morgan fingerprint density at radius 2 is 2.15 bits per heavy atom. The summed E-state index contributed by atoms with van der Waals surface area (Å²) in [6.07, 6.45) is 5.23. The fourth-order valence-electron chi connectivity index (χ4n) is 2.63. The van der Waals surface area contributed by atoms with E-state index in [-0.39, 0.29) is 5.91 Å². The van der Waals surface area contributed by atoms with Gasteiger partial charge in [0, 0.05) is 12.7 Å². The molecule has 2 rings (SSSR count). The van der Waals surface area contributed by atoms with Crippen molar-refractivity contribution in [3.63, 3.8) is 0 Å². The average Bonchev–Trinajstić information content (AvgIpc) is 2.92. The van der Waals surface area contributed by atoms with E-state index in [0.717, 1.165) is 31.2 Å². The predicted octanol–water partition coefficient (Wildman–Crippen LogP) is 2.69. The second kappa shape index (κ2) is 6.22. The molecule has 0 bridgehead atoms. The number of ether oxygens (including phenoxy) is 2. The number of aromatic nitrogens is 1. The Morgan fingerprint density at radius 3 is 2.70 bits per heavy atom. The number of pyridine rings is 1. The zero-order chi connectivity index (χ0) is 14.6. The number of amides is 1. The molecule has 1 saturated carbocycles. The lowest BCUT2D eigenvalue weighted by Gasteiger charge is -2.25. The SMILES string of the molecule is CCOc1ncc(NC(=O)C2(OC)CCCC2)cc1C. The first-order chi connectivity index (χ1) is 9.61. The quantitative estimate of drug-likeness (QED) is 0.899. The molecule has 0 radical (unpaired) electrons. The normalized spacial score (nSPS) is 16.9. The molecule has 1 N–H and O–H groups in total. The smallest absolute Gasteiger partial charge is 0.256 e. The van der Waals surface area contributed by atoms with Gasteiger partial charge in [0.15, 0.2) is 0 Å². The van der Waals surface area contributed by atoms with E-state index in [2.05, 4.69) is 10.3 Å². The van der Waals surface area contributed by atoms with Gasteiger partial charge in [0.05, 0.1) is 18.5 Å². The van der Waals surface area contributed by atoms with E-state index in [1.165, 1.54) is 0 Å². The van der Waals surface area contributed by atoms with Gasteiger partial charge in [-0.15, -0.1) is 0 Å². The van der Waals surface area contributed by atoms with Crippen LogP contribution < -0.4 is 10.1 Å². The summed E-state index contributed by atoms with van der Waals surface area (Å²) in [4.78, 5) is 16.6. The third kappa shape index (κ3) is 2.93. The Labute approximate surface area is 119 Å². The highest BCUT2D eigenvalue weighted by Crippen LogP contribution is 2.34. The molecule has 5 nitrogen and oxygen atoms in total. The van der Waals surface area contributed by atoms with Crippen LogP contribution in [-0.4, -0.2) is 30.2 Å². The third-order valence-electron chi connectivity index (χ3n) is 3.78. The predicted molar refractivity (Wildman–Crippen MR) is 77.0 cm³/mol. The molecule has 1 aliphatic rings. The average molecular weight is 278 g/mol. The molecule has 1 heterocycles. The van der Waals surface area contributed by atoms with Crippen LogP contribution in [0, 0.1) is 6.92 Å². The zero-order valence-corrected chi connectivity index (χ0v) is 12.4. The van der Waals surface area contributed by atoms with Crippen LogP contribution >= 0.6 is 0 Å². The number of hydrogen-bond donors (Lipinski definition) is 1. The molecule has 0 atom stereocenters. The zero-order valence-electron chi connectivity index (χ0n) is 12.4. The van der Waals surface area contributed by atoms with Gasteiger partial charge in [0.25, 0.3) is 5.91 Å². The lowest BCUT2D eigenvalue weighted by atomic mass is 10.0. The molecule has 5 heteroatoms. The van der Waals surface area contributed by atoms with Crippen molar-refractivity contribution in [1.82, 2.24) is 4.98 Å². The van der Waals surface area contributed by atoms with E-state index in [1.54, 1.807) is 13.3 Å². The topological polar surface area (TPSA) is 60.5 Å². The summed E-state index contributed by atoms with van der Waals surface area (Å²) in [7, 11) is 1.60. The van der Waals surface area contributed by atoms with Crippen LogP contribution in [0.2, 0.25) is 0 Å². The lowest BCUT2D eigenvalue weighted by Crippen LogP contribution is -2.42. The van der Waals surface area contributed by atoms with Crippen molar-refractivity contribution >= 4 is 11.6 Å². The first kappa shape index (κ1) is 14.8. The van der Waals surface area contributed by atoms with Crippen molar-refractivity contribution in [1.29, 1.82) is 0 Å². The Kier molecular flexibility index (Phi) is 4.60. The Morgan fingerprint density at radius 1 is 1.45 bits per heavy atom. The van der Waals surface area contributed by atoms with Crippen molar-refractivity contribution in [2.24, 2.45) is 0 Å². The molecule has 20 heavy (non-hydrogen) atoms. The van der Waals surface area contributed by atoms with Gasteiger partial charge in [0.2, 0.25) is 5.88 Å². The molecule has 0 spiro atoms. The summed E-state index contributed by atoms with van der Waals surface area (Å²) in [5.74, 6) is 0.524. The van der Waals surface area contributed by atoms with E-state index in [4.69, 9.17) is 9.47 Å². The highest BCUT2D eigenvalue weighted by molar-refractivity contribution is 5.97. The summed E-state index contributed by atoms with van der Waals surface area (Å²) in [5, 5.41) is 2.90. The standard InChI is InChI=1S/C15H22N2O3/c1-4-20-13-11(2)9-12(10-16-13)17-14(18)15(19-3)7-5-6-8-15/h9-10H,4-8H2,1-3H3,(H,17,18). The summed E-state index contributed by atoms with van der Waals surface area (Å²) in [5.41, 5.74) is 0.911. The number of anilines is 1. The molecule has 0 aliphatic heterocycles. The number of carbonyl (C=O) groups excluding carboxylic acids is 1. The van der Waals surface area contributed by atoms with Crippen LogP contribution in [0.3, 0.4) is 0 Å². The van der Waals surface area contributed by atoms with Crippen LogP contribution in [0.4, 0.5) is 5.69 Å². The summed E-state index contributed by atoms with van der Waals surface area (Å²) in [6.45, 7) is 4.40. The van der Waals surface area contributed by atoms with Gasteiger partial charge in [-0.3, -0.25) is 4.79 Å². The van der Waals surface area contributed by atoms with Gasteiger partial charge in [-0.2, -0.15) is 0 Å². The number of nitrogens with one attached hydrogen (secondary N) is 1. The summed E-state index contributed by atoms with van der Waals surface area (Å²) >= 11 is 0. The number of carbonyl (C=O) groups is 1. The molecule has 0 aromatic carbocycles.